The molecule has 0 radical (unpaired) electrons. The van der Waals surface area contributed by atoms with Crippen molar-refractivity contribution in [3.8, 4) is 0 Å². The molecule has 2 aliphatic carbocycles. The molecule has 0 aliphatic heterocycles. The number of benzene rings is 1. The van der Waals surface area contributed by atoms with Crippen LogP contribution in [0.3, 0.4) is 0 Å². The fourth-order valence-corrected chi connectivity index (χ4v) is 5.19. The summed E-state index contributed by atoms with van der Waals surface area (Å²) in [6.07, 6.45) is 6.79. The Labute approximate surface area is 226 Å². The van der Waals surface area contributed by atoms with Gasteiger partial charge in [-0.25, -0.2) is 4.79 Å². The largest absolute Gasteiger partial charge is 0.444 e. The van der Waals surface area contributed by atoms with Gasteiger partial charge < -0.3 is 26.0 Å². The zero-order chi connectivity index (χ0) is 27.9. The first kappa shape index (κ1) is 29.5. The van der Waals surface area contributed by atoms with E-state index in [9.17, 15) is 19.2 Å². The van der Waals surface area contributed by atoms with E-state index >= 15 is 0 Å². The van der Waals surface area contributed by atoms with Gasteiger partial charge in [-0.2, -0.15) is 0 Å². The number of nitrogens with two attached hydrogens (primary N) is 1. The number of primary amides is 1. The minimum absolute atomic E-state index is 0.0152. The van der Waals surface area contributed by atoms with E-state index in [4.69, 9.17) is 10.5 Å². The van der Waals surface area contributed by atoms with Gasteiger partial charge in [0.2, 0.25) is 17.7 Å². The maximum absolute atomic E-state index is 14.2. The molecule has 0 saturated heterocycles. The average Bonchev–Trinajstić information content (AvgIpc) is 2.80. The summed E-state index contributed by atoms with van der Waals surface area (Å²) in [5.41, 5.74) is 6.29. The molecule has 0 bridgehead atoms. The van der Waals surface area contributed by atoms with Crippen LogP contribution in [0, 0.1) is 6.92 Å². The van der Waals surface area contributed by atoms with Crippen molar-refractivity contribution in [2.24, 2.45) is 5.73 Å². The highest BCUT2D eigenvalue weighted by molar-refractivity contribution is 5.93. The van der Waals surface area contributed by atoms with Crippen molar-refractivity contribution in [1.29, 1.82) is 0 Å². The van der Waals surface area contributed by atoms with E-state index in [1.165, 1.54) is 0 Å². The highest BCUT2D eigenvalue weighted by Crippen LogP contribution is 2.35. The number of nitrogens with one attached hydrogen (secondary N) is 2. The van der Waals surface area contributed by atoms with Crippen LogP contribution >= 0.6 is 0 Å². The van der Waals surface area contributed by atoms with Crippen molar-refractivity contribution in [1.82, 2.24) is 15.5 Å². The summed E-state index contributed by atoms with van der Waals surface area (Å²) < 4.78 is 5.40. The predicted molar refractivity (Wildman–Crippen MR) is 145 cm³/mol. The number of alkyl carbamates (subject to hydrolysis) is 1. The Kier molecular flexibility index (Phi) is 10.2. The molecule has 9 heteroatoms. The number of nitrogens with zero attached hydrogens (tertiary/aromatic N) is 1. The van der Waals surface area contributed by atoms with Crippen LogP contribution in [-0.4, -0.2) is 52.4 Å². The molecule has 4 N–H and O–H groups in total. The molecular weight excluding hydrogens is 484 g/mol. The number of aryl methyl sites for hydroxylation is 1. The van der Waals surface area contributed by atoms with Crippen molar-refractivity contribution in [3.63, 3.8) is 0 Å². The Bertz CT molecular complexity index is 995. The lowest BCUT2D eigenvalue weighted by atomic mass is 9.86. The molecule has 0 heterocycles. The maximum atomic E-state index is 14.2. The van der Waals surface area contributed by atoms with Gasteiger partial charge in [-0.3, -0.25) is 14.4 Å². The first-order valence-electron chi connectivity index (χ1n) is 13.9. The summed E-state index contributed by atoms with van der Waals surface area (Å²) in [5.74, 6) is -1.19. The third-order valence-electron chi connectivity index (χ3n) is 7.35. The second kappa shape index (κ2) is 13.1. The Morgan fingerprint density at radius 2 is 1.68 bits per heavy atom. The van der Waals surface area contributed by atoms with Crippen LogP contribution in [0.1, 0.15) is 102 Å². The summed E-state index contributed by atoms with van der Waals surface area (Å²) >= 11 is 0. The number of rotatable bonds is 10. The van der Waals surface area contributed by atoms with Crippen LogP contribution in [0.15, 0.2) is 24.3 Å². The number of carbonyl (C=O) groups excluding carboxylic acids is 4. The lowest BCUT2D eigenvalue weighted by Gasteiger charge is -2.44. The van der Waals surface area contributed by atoms with E-state index in [1.807, 2.05) is 31.2 Å². The van der Waals surface area contributed by atoms with Crippen LogP contribution in [0.4, 0.5) is 4.79 Å². The van der Waals surface area contributed by atoms with Gasteiger partial charge in [0, 0.05) is 18.5 Å². The quantitative estimate of drug-likeness (QED) is 0.422. The van der Waals surface area contributed by atoms with Crippen LogP contribution in [0.2, 0.25) is 0 Å². The summed E-state index contributed by atoms with van der Waals surface area (Å²) in [6, 6.07) is 5.61. The number of amides is 4. The highest BCUT2D eigenvalue weighted by atomic mass is 16.6. The monoisotopic (exact) mass is 528 g/mol. The molecule has 3 rings (SSSR count). The molecule has 210 valence electrons. The lowest BCUT2D eigenvalue weighted by Crippen LogP contribution is -2.58. The molecule has 9 nitrogen and oxygen atoms in total. The normalized spacial score (nSPS) is 18.0. The third kappa shape index (κ3) is 8.20. The van der Waals surface area contributed by atoms with E-state index in [0.717, 1.165) is 62.5 Å². The molecule has 2 aliphatic rings. The fourth-order valence-electron chi connectivity index (χ4n) is 5.19. The number of hydrogen-bond acceptors (Lipinski definition) is 5. The summed E-state index contributed by atoms with van der Waals surface area (Å²) in [5, 5.41) is 5.89. The fraction of sp³-hybridized carbons (Fsp3) is 0.655. The van der Waals surface area contributed by atoms with Gasteiger partial charge in [0.25, 0.3) is 0 Å². The highest BCUT2D eigenvalue weighted by Gasteiger charge is 2.42. The molecule has 2 saturated carbocycles. The SMILES string of the molecule is Cc1ccccc1C(C(=O)NC1CCCCC1)N(C(=O)C(CCC(N)=O)NC(=O)OC(C)(C)C)C1CCC1. The maximum Gasteiger partial charge on any atom is 0.408 e. The zero-order valence-corrected chi connectivity index (χ0v) is 23.3. The minimum atomic E-state index is -1.06. The van der Waals surface area contributed by atoms with E-state index in [0.29, 0.717) is 0 Å². The molecule has 0 aromatic heterocycles. The van der Waals surface area contributed by atoms with Crippen LogP contribution in [-0.2, 0) is 19.1 Å². The van der Waals surface area contributed by atoms with Crippen molar-refractivity contribution < 1.29 is 23.9 Å². The number of carbonyl (C=O) groups is 4. The zero-order valence-electron chi connectivity index (χ0n) is 23.3. The molecule has 1 aromatic rings. The number of ether oxygens (including phenoxy) is 1. The van der Waals surface area contributed by atoms with Gasteiger partial charge in [0.05, 0.1) is 0 Å². The molecule has 0 spiro atoms. The smallest absolute Gasteiger partial charge is 0.408 e. The molecule has 2 unspecified atom stereocenters. The molecule has 1 aromatic carbocycles. The summed E-state index contributed by atoms with van der Waals surface area (Å²) in [6.45, 7) is 7.13. The average molecular weight is 529 g/mol. The van der Waals surface area contributed by atoms with Crippen molar-refractivity contribution >= 4 is 23.8 Å². The minimum Gasteiger partial charge on any atom is -0.444 e. The molecule has 38 heavy (non-hydrogen) atoms. The van der Waals surface area contributed by atoms with Gasteiger partial charge in [0.1, 0.15) is 17.7 Å². The lowest BCUT2D eigenvalue weighted by molar-refractivity contribution is -0.148. The van der Waals surface area contributed by atoms with E-state index in [-0.39, 0.29) is 30.8 Å². The second-order valence-electron chi connectivity index (χ2n) is 11.6. The van der Waals surface area contributed by atoms with E-state index < -0.39 is 35.6 Å². The van der Waals surface area contributed by atoms with Crippen molar-refractivity contribution in [3.05, 3.63) is 35.4 Å². The second-order valence-corrected chi connectivity index (χ2v) is 11.6. The summed E-state index contributed by atoms with van der Waals surface area (Å²) in [4.78, 5) is 54.2. The van der Waals surface area contributed by atoms with Gasteiger partial charge in [0.15, 0.2) is 0 Å². The first-order valence-corrected chi connectivity index (χ1v) is 13.9. The molecule has 2 atom stereocenters. The van der Waals surface area contributed by atoms with Gasteiger partial charge in [-0.05, 0) is 77.3 Å². The van der Waals surface area contributed by atoms with Crippen molar-refractivity contribution in [2.75, 3.05) is 0 Å². The van der Waals surface area contributed by atoms with Crippen LogP contribution in [0.25, 0.3) is 0 Å². The van der Waals surface area contributed by atoms with E-state index in [2.05, 4.69) is 10.6 Å². The standard InChI is InChI=1S/C29H44N4O5/c1-19-11-8-9-16-22(19)25(26(35)31-20-12-6-5-7-13-20)33(21-14-10-15-21)27(36)23(17-18-24(30)34)32-28(37)38-29(2,3)4/h8-9,11,16,20-21,23,25H,5-7,10,12-15,17-18H2,1-4H3,(H2,30,34)(H,31,35)(H,32,37). The summed E-state index contributed by atoms with van der Waals surface area (Å²) in [7, 11) is 0. The topological polar surface area (TPSA) is 131 Å². The molecular formula is C29H44N4O5. The third-order valence-corrected chi connectivity index (χ3v) is 7.35. The van der Waals surface area contributed by atoms with Crippen LogP contribution in [0.5, 0.6) is 0 Å². The number of hydrogen-bond donors (Lipinski definition) is 3. The Hall–Kier alpha value is -3.10. The Morgan fingerprint density at radius 3 is 2.24 bits per heavy atom. The Morgan fingerprint density at radius 1 is 1.03 bits per heavy atom. The van der Waals surface area contributed by atoms with Gasteiger partial charge >= 0.3 is 6.09 Å². The molecule has 2 fully saturated rings. The Balaban J connectivity index is 1.97. The van der Waals surface area contributed by atoms with E-state index in [1.54, 1.807) is 25.7 Å². The van der Waals surface area contributed by atoms with Crippen molar-refractivity contribution in [2.45, 2.75) is 122 Å². The van der Waals surface area contributed by atoms with Gasteiger partial charge in [-0.1, -0.05) is 43.5 Å². The molecule has 4 amide bonds. The predicted octanol–water partition coefficient (Wildman–Crippen LogP) is 4.02. The van der Waals surface area contributed by atoms with Gasteiger partial charge in [-0.15, -0.1) is 0 Å². The van der Waals surface area contributed by atoms with Crippen LogP contribution < -0.4 is 16.4 Å². The first-order chi connectivity index (χ1) is 18.0.